The summed E-state index contributed by atoms with van der Waals surface area (Å²) in [5.41, 5.74) is 0. The van der Waals surface area contributed by atoms with Gasteiger partial charge in [-0.1, -0.05) is 19.8 Å². The lowest BCUT2D eigenvalue weighted by Gasteiger charge is -2.35. The third kappa shape index (κ3) is 5.95. The predicted octanol–water partition coefficient (Wildman–Crippen LogP) is 2.00. The lowest BCUT2D eigenvalue weighted by Crippen LogP contribution is -2.43. The molecule has 0 atom stereocenters. The summed E-state index contributed by atoms with van der Waals surface area (Å²) >= 11 is 0. The molecule has 0 bridgehead atoms. The Hall–Kier alpha value is -0.610. The number of hydrogen-bond donors (Lipinski definition) is 2. The van der Waals surface area contributed by atoms with Crippen LogP contribution in [0.5, 0.6) is 0 Å². The number of rotatable bonds is 7. The van der Waals surface area contributed by atoms with Crippen molar-refractivity contribution in [2.24, 2.45) is 11.8 Å². The van der Waals surface area contributed by atoms with Gasteiger partial charge in [0.1, 0.15) is 0 Å². The summed E-state index contributed by atoms with van der Waals surface area (Å²) in [7, 11) is 0. The average Bonchev–Trinajstić information content (AvgIpc) is 2.53. The first-order valence-electron chi connectivity index (χ1n) is 9.00. The highest BCUT2D eigenvalue weighted by Gasteiger charge is 2.26. The molecular formula is C17H33N3O. The number of piperidine rings is 2. The fourth-order valence-electron chi connectivity index (χ4n) is 3.54. The standard InChI is InChI=1S/C17H33N3O/c1-2-3-4-9-19-17(21)16-7-12-20(13-8-16)14-15-5-10-18-11-6-15/h15-16,18H,2-14H2,1H3,(H,19,21). The summed E-state index contributed by atoms with van der Waals surface area (Å²) < 4.78 is 0. The van der Waals surface area contributed by atoms with Crippen LogP contribution in [-0.4, -0.2) is 50.1 Å². The van der Waals surface area contributed by atoms with E-state index in [0.717, 1.165) is 44.8 Å². The zero-order chi connectivity index (χ0) is 14.9. The van der Waals surface area contributed by atoms with Gasteiger partial charge in [-0.25, -0.2) is 0 Å². The Bertz CT molecular complexity index is 294. The van der Waals surface area contributed by atoms with Gasteiger partial charge in [0, 0.05) is 19.0 Å². The molecule has 122 valence electrons. The number of carbonyl (C=O) groups excluding carboxylic acids is 1. The van der Waals surface area contributed by atoms with Gasteiger partial charge in [0.2, 0.25) is 5.91 Å². The summed E-state index contributed by atoms with van der Waals surface area (Å²) in [6, 6.07) is 0. The molecule has 0 aliphatic carbocycles. The zero-order valence-corrected chi connectivity index (χ0v) is 13.7. The Morgan fingerprint density at radius 2 is 1.86 bits per heavy atom. The van der Waals surface area contributed by atoms with Gasteiger partial charge < -0.3 is 15.5 Å². The Kier molecular flexibility index (Phi) is 7.51. The predicted molar refractivity (Wildman–Crippen MR) is 87.3 cm³/mol. The van der Waals surface area contributed by atoms with Gasteiger partial charge in [0.05, 0.1) is 0 Å². The number of amides is 1. The second-order valence-corrected chi connectivity index (χ2v) is 6.77. The van der Waals surface area contributed by atoms with E-state index in [-0.39, 0.29) is 5.92 Å². The lowest BCUT2D eigenvalue weighted by molar-refractivity contribution is -0.126. The molecule has 2 aliphatic heterocycles. The third-order valence-electron chi connectivity index (χ3n) is 5.01. The van der Waals surface area contributed by atoms with Crippen LogP contribution in [0.3, 0.4) is 0 Å². The number of carbonyl (C=O) groups is 1. The van der Waals surface area contributed by atoms with Crippen LogP contribution >= 0.6 is 0 Å². The first-order valence-corrected chi connectivity index (χ1v) is 9.00. The van der Waals surface area contributed by atoms with Gasteiger partial charge in [-0.15, -0.1) is 0 Å². The van der Waals surface area contributed by atoms with Crippen molar-refractivity contribution in [1.82, 2.24) is 15.5 Å². The van der Waals surface area contributed by atoms with E-state index in [9.17, 15) is 4.79 Å². The Balaban J connectivity index is 1.59. The summed E-state index contributed by atoms with van der Waals surface area (Å²) in [5, 5.41) is 6.55. The molecule has 2 fully saturated rings. The Morgan fingerprint density at radius 1 is 1.14 bits per heavy atom. The van der Waals surface area contributed by atoms with Crippen molar-refractivity contribution in [1.29, 1.82) is 0 Å². The number of hydrogen-bond acceptors (Lipinski definition) is 3. The number of nitrogens with one attached hydrogen (secondary N) is 2. The van der Waals surface area contributed by atoms with Crippen molar-refractivity contribution in [2.45, 2.75) is 51.9 Å². The van der Waals surface area contributed by atoms with Crippen LogP contribution in [0.15, 0.2) is 0 Å². The number of unbranched alkanes of at least 4 members (excludes halogenated alkanes) is 2. The highest BCUT2D eigenvalue weighted by Crippen LogP contribution is 2.21. The molecular weight excluding hydrogens is 262 g/mol. The molecule has 0 aromatic carbocycles. The SMILES string of the molecule is CCCCCNC(=O)C1CCN(CC2CCNCC2)CC1. The Labute approximate surface area is 130 Å². The maximum Gasteiger partial charge on any atom is 0.223 e. The molecule has 0 spiro atoms. The molecule has 0 aromatic heterocycles. The number of nitrogens with zero attached hydrogens (tertiary/aromatic N) is 1. The van der Waals surface area contributed by atoms with Crippen LogP contribution < -0.4 is 10.6 Å². The van der Waals surface area contributed by atoms with E-state index < -0.39 is 0 Å². The van der Waals surface area contributed by atoms with Crippen molar-refractivity contribution in [3.8, 4) is 0 Å². The summed E-state index contributed by atoms with van der Waals surface area (Å²) in [6.07, 6.45) is 8.28. The topological polar surface area (TPSA) is 44.4 Å². The molecule has 2 rings (SSSR count). The molecule has 0 saturated carbocycles. The van der Waals surface area contributed by atoms with Crippen LogP contribution in [0, 0.1) is 11.8 Å². The highest BCUT2D eigenvalue weighted by atomic mass is 16.1. The van der Waals surface area contributed by atoms with Gasteiger partial charge in [0.15, 0.2) is 0 Å². The summed E-state index contributed by atoms with van der Waals surface area (Å²) in [5.74, 6) is 1.43. The van der Waals surface area contributed by atoms with Crippen LogP contribution in [0.2, 0.25) is 0 Å². The fraction of sp³-hybridized carbons (Fsp3) is 0.941. The van der Waals surface area contributed by atoms with Gasteiger partial charge in [-0.3, -0.25) is 4.79 Å². The van der Waals surface area contributed by atoms with E-state index in [1.807, 2.05) is 0 Å². The van der Waals surface area contributed by atoms with Crippen molar-refractivity contribution in [3.05, 3.63) is 0 Å². The maximum absolute atomic E-state index is 12.1. The quantitative estimate of drug-likeness (QED) is 0.706. The molecule has 2 N–H and O–H groups in total. The van der Waals surface area contributed by atoms with E-state index in [2.05, 4.69) is 22.5 Å². The minimum atomic E-state index is 0.260. The van der Waals surface area contributed by atoms with Gasteiger partial charge in [-0.2, -0.15) is 0 Å². The molecule has 4 heteroatoms. The van der Waals surface area contributed by atoms with Crippen molar-refractivity contribution in [2.75, 3.05) is 39.3 Å². The molecule has 2 saturated heterocycles. The smallest absolute Gasteiger partial charge is 0.223 e. The summed E-state index contributed by atoms with van der Waals surface area (Å²) in [6.45, 7) is 8.88. The second-order valence-electron chi connectivity index (χ2n) is 6.77. The molecule has 0 aromatic rings. The molecule has 4 nitrogen and oxygen atoms in total. The Morgan fingerprint density at radius 3 is 2.52 bits per heavy atom. The molecule has 1 amide bonds. The van der Waals surface area contributed by atoms with E-state index in [4.69, 9.17) is 0 Å². The van der Waals surface area contributed by atoms with Crippen molar-refractivity contribution in [3.63, 3.8) is 0 Å². The largest absolute Gasteiger partial charge is 0.356 e. The number of likely N-dealkylation sites (tertiary alicyclic amines) is 1. The molecule has 0 radical (unpaired) electrons. The molecule has 2 heterocycles. The van der Waals surface area contributed by atoms with E-state index >= 15 is 0 Å². The van der Waals surface area contributed by atoms with Crippen LogP contribution in [-0.2, 0) is 4.79 Å². The minimum absolute atomic E-state index is 0.260. The monoisotopic (exact) mass is 295 g/mol. The third-order valence-corrected chi connectivity index (χ3v) is 5.01. The van der Waals surface area contributed by atoms with Crippen LogP contribution in [0.4, 0.5) is 0 Å². The minimum Gasteiger partial charge on any atom is -0.356 e. The van der Waals surface area contributed by atoms with Gasteiger partial charge >= 0.3 is 0 Å². The van der Waals surface area contributed by atoms with Crippen molar-refractivity contribution < 1.29 is 4.79 Å². The van der Waals surface area contributed by atoms with E-state index in [0.29, 0.717) is 5.91 Å². The van der Waals surface area contributed by atoms with Crippen LogP contribution in [0.1, 0.15) is 51.9 Å². The van der Waals surface area contributed by atoms with Crippen molar-refractivity contribution >= 4 is 5.91 Å². The maximum atomic E-state index is 12.1. The van der Waals surface area contributed by atoms with E-state index in [1.165, 1.54) is 45.3 Å². The van der Waals surface area contributed by atoms with Gasteiger partial charge in [0.25, 0.3) is 0 Å². The van der Waals surface area contributed by atoms with Gasteiger partial charge in [-0.05, 0) is 64.2 Å². The lowest BCUT2D eigenvalue weighted by atomic mass is 9.93. The van der Waals surface area contributed by atoms with E-state index in [1.54, 1.807) is 0 Å². The zero-order valence-electron chi connectivity index (χ0n) is 13.7. The molecule has 0 unspecified atom stereocenters. The highest BCUT2D eigenvalue weighted by molar-refractivity contribution is 5.78. The normalized spacial score (nSPS) is 22.3. The second kappa shape index (κ2) is 9.42. The fourth-order valence-corrected chi connectivity index (χ4v) is 3.54. The first-order chi connectivity index (χ1) is 10.3. The molecule has 2 aliphatic rings. The molecule has 21 heavy (non-hydrogen) atoms. The first kappa shape index (κ1) is 16.8. The average molecular weight is 295 g/mol. The summed E-state index contributed by atoms with van der Waals surface area (Å²) in [4.78, 5) is 14.7. The van der Waals surface area contributed by atoms with Crippen LogP contribution in [0.25, 0.3) is 0 Å².